The summed E-state index contributed by atoms with van der Waals surface area (Å²) >= 11 is 0. The second-order valence-electron chi connectivity index (χ2n) is 2.52. The van der Waals surface area contributed by atoms with Crippen LogP contribution in [-0.2, 0) is 6.61 Å². The van der Waals surface area contributed by atoms with Crippen molar-refractivity contribution in [1.29, 1.82) is 5.26 Å². The first-order valence-electron chi connectivity index (χ1n) is 3.65. The SMILES string of the molecule is N#Cc1cc(C(F)F)[nH]c(=O)c1CO. The van der Waals surface area contributed by atoms with Crippen molar-refractivity contribution in [3.8, 4) is 6.07 Å². The van der Waals surface area contributed by atoms with Gasteiger partial charge in [-0.25, -0.2) is 8.78 Å². The Bertz CT molecular complexity index is 434. The normalized spacial score (nSPS) is 10.2. The second-order valence-corrected chi connectivity index (χ2v) is 2.52. The number of aromatic amines is 1. The number of hydrogen-bond donors (Lipinski definition) is 2. The maximum atomic E-state index is 12.2. The van der Waals surface area contributed by atoms with Gasteiger partial charge < -0.3 is 10.1 Å². The van der Waals surface area contributed by atoms with Crippen molar-refractivity contribution < 1.29 is 13.9 Å². The van der Waals surface area contributed by atoms with Crippen LogP contribution in [0.1, 0.15) is 23.2 Å². The Labute approximate surface area is 77.4 Å². The number of rotatable bonds is 2. The van der Waals surface area contributed by atoms with E-state index in [1.54, 1.807) is 6.07 Å². The molecule has 0 unspecified atom stereocenters. The molecule has 1 heterocycles. The van der Waals surface area contributed by atoms with Gasteiger partial charge >= 0.3 is 0 Å². The van der Waals surface area contributed by atoms with Crippen molar-refractivity contribution in [1.82, 2.24) is 4.98 Å². The lowest BCUT2D eigenvalue weighted by Gasteiger charge is -2.02. The van der Waals surface area contributed by atoms with E-state index in [2.05, 4.69) is 0 Å². The number of H-pyrrole nitrogens is 1. The molecule has 0 spiro atoms. The highest BCUT2D eigenvalue weighted by atomic mass is 19.3. The number of pyridine rings is 1. The Kier molecular flexibility index (Phi) is 2.94. The standard InChI is InChI=1S/C8H6F2N2O2/c9-7(10)6-1-4(2-11)5(3-13)8(14)12-6/h1,7,13H,3H2,(H,12,14). The minimum atomic E-state index is -2.84. The highest BCUT2D eigenvalue weighted by molar-refractivity contribution is 5.37. The lowest BCUT2D eigenvalue weighted by atomic mass is 10.1. The minimum absolute atomic E-state index is 0.197. The number of aromatic nitrogens is 1. The van der Waals surface area contributed by atoms with Gasteiger partial charge in [-0.15, -0.1) is 0 Å². The summed E-state index contributed by atoms with van der Waals surface area (Å²) in [5.74, 6) is 0. The molecule has 4 nitrogen and oxygen atoms in total. The van der Waals surface area contributed by atoms with Gasteiger partial charge in [-0.05, 0) is 6.07 Å². The van der Waals surface area contributed by atoms with Gasteiger partial charge in [-0.1, -0.05) is 0 Å². The van der Waals surface area contributed by atoms with Crippen molar-refractivity contribution in [3.63, 3.8) is 0 Å². The van der Waals surface area contributed by atoms with Gasteiger partial charge in [0.25, 0.3) is 12.0 Å². The topological polar surface area (TPSA) is 76.9 Å². The predicted octanol–water partition coefficient (Wildman–Crippen LogP) is 0.676. The van der Waals surface area contributed by atoms with Gasteiger partial charge in [0.05, 0.1) is 29.5 Å². The summed E-state index contributed by atoms with van der Waals surface area (Å²) in [5.41, 5.74) is -1.91. The van der Waals surface area contributed by atoms with Crippen molar-refractivity contribution in [2.75, 3.05) is 0 Å². The number of nitrogens with zero attached hydrogens (tertiary/aromatic N) is 1. The first-order chi connectivity index (χ1) is 6.60. The summed E-state index contributed by atoms with van der Waals surface area (Å²) in [6, 6.07) is 2.43. The second kappa shape index (κ2) is 3.98. The van der Waals surface area contributed by atoms with Crippen LogP contribution in [0, 0.1) is 11.3 Å². The molecule has 6 heteroatoms. The number of nitriles is 1. The average molecular weight is 200 g/mol. The third kappa shape index (κ3) is 1.78. The fourth-order valence-corrected chi connectivity index (χ4v) is 0.982. The number of hydrogen-bond acceptors (Lipinski definition) is 3. The summed E-state index contributed by atoms with van der Waals surface area (Å²) in [6.45, 7) is -0.651. The van der Waals surface area contributed by atoms with Crippen LogP contribution in [0.15, 0.2) is 10.9 Å². The van der Waals surface area contributed by atoms with E-state index < -0.39 is 24.3 Å². The van der Waals surface area contributed by atoms with Crippen molar-refractivity contribution in [3.05, 3.63) is 33.2 Å². The molecular weight excluding hydrogens is 194 g/mol. The Balaban J connectivity index is 3.41. The third-order valence-electron chi connectivity index (χ3n) is 1.67. The Morgan fingerprint density at radius 3 is 2.71 bits per heavy atom. The monoisotopic (exact) mass is 200 g/mol. The van der Waals surface area contributed by atoms with Gasteiger partial charge in [-0.2, -0.15) is 5.26 Å². The molecule has 0 atom stereocenters. The predicted molar refractivity (Wildman–Crippen MR) is 42.7 cm³/mol. The molecule has 14 heavy (non-hydrogen) atoms. The molecule has 0 saturated carbocycles. The summed E-state index contributed by atoms with van der Waals surface area (Å²) in [5, 5.41) is 17.2. The van der Waals surface area contributed by atoms with Crippen LogP contribution >= 0.6 is 0 Å². The molecule has 2 N–H and O–H groups in total. The molecule has 0 fully saturated rings. The maximum Gasteiger partial charge on any atom is 0.278 e. The maximum absolute atomic E-state index is 12.2. The van der Waals surface area contributed by atoms with Crippen molar-refractivity contribution >= 4 is 0 Å². The number of halogens is 2. The summed E-state index contributed by atoms with van der Waals surface area (Å²) in [4.78, 5) is 12.9. The molecule has 0 saturated heterocycles. The molecule has 1 aromatic heterocycles. The number of aliphatic hydroxyl groups is 1. The Morgan fingerprint density at radius 2 is 2.29 bits per heavy atom. The highest BCUT2D eigenvalue weighted by Crippen LogP contribution is 2.16. The van der Waals surface area contributed by atoms with Crippen LogP contribution < -0.4 is 5.56 Å². The van der Waals surface area contributed by atoms with Gasteiger partial charge in [0.1, 0.15) is 0 Å². The first kappa shape index (κ1) is 10.3. The fourth-order valence-electron chi connectivity index (χ4n) is 0.982. The molecule has 0 radical (unpaired) electrons. The molecule has 0 bridgehead atoms. The van der Waals surface area contributed by atoms with E-state index in [9.17, 15) is 13.6 Å². The Morgan fingerprint density at radius 1 is 1.64 bits per heavy atom. The zero-order chi connectivity index (χ0) is 10.7. The Hall–Kier alpha value is -1.74. The molecule has 0 aliphatic carbocycles. The summed E-state index contributed by atoms with van der Waals surface area (Å²) in [7, 11) is 0. The molecule has 0 aliphatic rings. The van der Waals surface area contributed by atoms with E-state index in [1.165, 1.54) is 0 Å². The molecule has 0 amide bonds. The summed E-state index contributed by atoms with van der Waals surface area (Å²) in [6.07, 6.45) is -2.84. The minimum Gasteiger partial charge on any atom is -0.391 e. The number of alkyl halides is 2. The zero-order valence-corrected chi connectivity index (χ0v) is 6.92. The van der Waals surface area contributed by atoms with Crippen molar-refractivity contribution in [2.24, 2.45) is 0 Å². The molecule has 1 aromatic rings. The van der Waals surface area contributed by atoms with Gasteiger partial charge in [0.2, 0.25) is 0 Å². The number of nitrogens with one attached hydrogen (secondary N) is 1. The zero-order valence-electron chi connectivity index (χ0n) is 6.92. The van der Waals surface area contributed by atoms with Gasteiger partial charge in [0, 0.05) is 0 Å². The van der Waals surface area contributed by atoms with E-state index >= 15 is 0 Å². The highest BCUT2D eigenvalue weighted by Gasteiger charge is 2.13. The molecule has 1 rings (SSSR count). The smallest absolute Gasteiger partial charge is 0.278 e. The van der Waals surface area contributed by atoms with Crippen LogP contribution in [0.25, 0.3) is 0 Å². The van der Waals surface area contributed by atoms with Crippen LogP contribution in [0.4, 0.5) is 8.78 Å². The molecule has 0 aromatic carbocycles. The lowest BCUT2D eigenvalue weighted by Crippen LogP contribution is -2.17. The third-order valence-corrected chi connectivity index (χ3v) is 1.67. The van der Waals surface area contributed by atoms with E-state index in [-0.39, 0.29) is 11.1 Å². The van der Waals surface area contributed by atoms with Crippen LogP contribution in [0.5, 0.6) is 0 Å². The first-order valence-corrected chi connectivity index (χ1v) is 3.65. The molecular formula is C8H6F2N2O2. The van der Waals surface area contributed by atoms with Crippen LogP contribution in [0.3, 0.4) is 0 Å². The molecule has 0 aliphatic heterocycles. The summed E-state index contributed by atoms with van der Waals surface area (Å²) < 4.78 is 24.3. The van der Waals surface area contributed by atoms with Crippen LogP contribution in [0.2, 0.25) is 0 Å². The largest absolute Gasteiger partial charge is 0.391 e. The quantitative estimate of drug-likeness (QED) is 0.736. The van der Waals surface area contributed by atoms with Gasteiger partial charge in [0.15, 0.2) is 0 Å². The van der Waals surface area contributed by atoms with E-state index in [0.29, 0.717) is 0 Å². The van der Waals surface area contributed by atoms with Gasteiger partial charge in [-0.3, -0.25) is 4.79 Å². The average Bonchev–Trinajstić information content (AvgIpc) is 2.16. The van der Waals surface area contributed by atoms with E-state index in [4.69, 9.17) is 10.4 Å². The fraction of sp³-hybridized carbons (Fsp3) is 0.250. The number of aliphatic hydroxyl groups excluding tert-OH is 1. The van der Waals surface area contributed by atoms with E-state index in [0.717, 1.165) is 6.07 Å². The van der Waals surface area contributed by atoms with E-state index in [1.807, 2.05) is 4.98 Å². The molecule has 74 valence electrons. The van der Waals surface area contributed by atoms with Crippen LogP contribution in [-0.4, -0.2) is 10.1 Å². The van der Waals surface area contributed by atoms with Crippen molar-refractivity contribution in [2.45, 2.75) is 13.0 Å². The lowest BCUT2D eigenvalue weighted by molar-refractivity contribution is 0.145.